The van der Waals surface area contributed by atoms with Crippen LogP contribution in [0, 0.1) is 11.3 Å². The van der Waals surface area contributed by atoms with Gasteiger partial charge < -0.3 is 9.88 Å². The summed E-state index contributed by atoms with van der Waals surface area (Å²) >= 11 is 1.34. The van der Waals surface area contributed by atoms with Crippen molar-refractivity contribution in [3.8, 4) is 6.07 Å². The van der Waals surface area contributed by atoms with Crippen molar-refractivity contribution in [1.82, 2.24) is 20.1 Å². The second kappa shape index (κ2) is 8.20. The maximum absolute atomic E-state index is 11.7. The van der Waals surface area contributed by atoms with Crippen LogP contribution in [0.3, 0.4) is 0 Å². The van der Waals surface area contributed by atoms with E-state index >= 15 is 0 Å². The number of thioether (sulfide) groups is 1. The van der Waals surface area contributed by atoms with Crippen LogP contribution >= 0.6 is 11.8 Å². The highest BCUT2D eigenvalue weighted by atomic mass is 32.2. The van der Waals surface area contributed by atoms with Crippen molar-refractivity contribution in [2.75, 3.05) is 12.3 Å². The van der Waals surface area contributed by atoms with Gasteiger partial charge in [-0.2, -0.15) is 5.26 Å². The standard InChI is InChI=1S/C15H17N5OS/c1-12(13-6-3-2-4-7-13)20-11-18-19-15(20)22-10-14(21)17-9-5-8-16/h2-4,6-7,11-12H,5,9-10H2,1H3,(H,17,21)/t12-/m1/s1. The molecule has 0 bridgehead atoms. The molecule has 0 aliphatic carbocycles. The van der Waals surface area contributed by atoms with E-state index in [0.717, 1.165) is 5.56 Å². The monoisotopic (exact) mass is 315 g/mol. The van der Waals surface area contributed by atoms with Gasteiger partial charge in [0.05, 0.1) is 24.3 Å². The van der Waals surface area contributed by atoms with E-state index in [2.05, 4.69) is 22.4 Å². The normalized spacial score (nSPS) is 11.6. The predicted molar refractivity (Wildman–Crippen MR) is 84.2 cm³/mol. The number of carbonyl (C=O) groups excluding carboxylic acids is 1. The smallest absolute Gasteiger partial charge is 0.230 e. The minimum Gasteiger partial charge on any atom is -0.354 e. The Kier molecular flexibility index (Phi) is 5.98. The van der Waals surface area contributed by atoms with Gasteiger partial charge in [-0.1, -0.05) is 42.1 Å². The highest BCUT2D eigenvalue weighted by Gasteiger charge is 2.14. The zero-order valence-corrected chi connectivity index (χ0v) is 13.1. The molecule has 1 heterocycles. The van der Waals surface area contributed by atoms with Crippen LogP contribution < -0.4 is 5.32 Å². The first-order chi connectivity index (χ1) is 10.7. The number of carbonyl (C=O) groups is 1. The summed E-state index contributed by atoms with van der Waals surface area (Å²) in [7, 11) is 0. The number of amides is 1. The van der Waals surface area contributed by atoms with Crippen LogP contribution in [-0.2, 0) is 4.79 Å². The summed E-state index contributed by atoms with van der Waals surface area (Å²) in [6.45, 7) is 2.44. The Labute approximate surface area is 133 Å². The summed E-state index contributed by atoms with van der Waals surface area (Å²) in [5.74, 6) is 0.146. The SMILES string of the molecule is C[C@H](c1ccccc1)n1cnnc1SCC(=O)NCCC#N. The molecule has 2 aromatic rings. The quantitative estimate of drug-likeness (QED) is 0.624. The molecule has 0 saturated heterocycles. The molecule has 0 fully saturated rings. The Bertz CT molecular complexity index is 649. The molecule has 0 radical (unpaired) electrons. The topological polar surface area (TPSA) is 83.6 Å². The van der Waals surface area contributed by atoms with Gasteiger partial charge in [0.1, 0.15) is 6.33 Å². The number of aromatic nitrogens is 3. The zero-order chi connectivity index (χ0) is 15.8. The van der Waals surface area contributed by atoms with E-state index < -0.39 is 0 Å². The van der Waals surface area contributed by atoms with Crippen molar-refractivity contribution in [1.29, 1.82) is 5.26 Å². The molecule has 7 heteroatoms. The van der Waals surface area contributed by atoms with Gasteiger partial charge in [-0.15, -0.1) is 10.2 Å². The van der Waals surface area contributed by atoms with Crippen molar-refractivity contribution >= 4 is 17.7 Å². The van der Waals surface area contributed by atoms with E-state index in [1.54, 1.807) is 6.33 Å². The van der Waals surface area contributed by atoms with Crippen molar-refractivity contribution in [2.45, 2.75) is 24.5 Å². The summed E-state index contributed by atoms with van der Waals surface area (Å²) < 4.78 is 1.95. The minimum atomic E-state index is -0.109. The molecule has 0 unspecified atom stereocenters. The highest BCUT2D eigenvalue weighted by molar-refractivity contribution is 7.99. The van der Waals surface area contributed by atoms with Crippen LogP contribution in [0.25, 0.3) is 0 Å². The van der Waals surface area contributed by atoms with Crippen molar-refractivity contribution in [3.05, 3.63) is 42.2 Å². The summed E-state index contributed by atoms with van der Waals surface area (Å²) in [5, 5.41) is 19.8. The molecule has 0 saturated carbocycles. The van der Waals surface area contributed by atoms with Gasteiger partial charge in [-0.05, 0) is 12.5 Å². The molecular weight excluding hydrogens is 298 g/mol. The van der Waals surface area contributed by atoms with Crippen LogP contribution in [0.2, 0.25) is 0 Å². The molecule has 1 N–H and O–H groups in total. The number of nitrogens with zero attached hydrogens (tertiary/aromatic N) is 4. The lowest BCUT2D eigenvalue weighted by molar-refractivity contribution is -0.118. The predicted octanol–water partition coefficient (Wildman–Crippen LogP) is 2.01. The summed E-state index contributed by atoms with van der Waals surface area (Å²) in [6, 6.07) is 12.1. The molecule has 22 heavy (non-hydrogen) atoms. The van der Waals surface area contributed by atoms with Crippen molar-refractivity contribution in [3.63, 3.8) is 0 Å². The third kappa shape index (κ3) is 4.33. The van der Waals surface area contributed by atoms with E-state index in [4.69, 9.17) is 5.26 Å². The fourth-order valence-corrected chi connectivity index (χ4v) is 2.75. The van der Waals surface area contributed by atoms with Crippen LogP contribution in [0.15, 0.2) is 41.8 Å². The fraction of sp³-hybridized carbons (Fsp3) is 0.333. The lowest BCUT2D eigenvalue weighted by Crippen LogP contribution is -2.26. The van der Waals surface area contributed by atoms with E-state index in [0.29, 0.717) is 18.1 Å². The van der Waals surface area contributed by atoms with E-state index in [9.17, 15) is 4.79 Å². The molecule has 0 aliphatic rings. The third-order valence-corrected chi connectivity index (χ3v) is 4.09. The molecule has 6 nitrogen and oxygen atoms in total. The van der Waals surface area contributed by atoms with Crippen LogP contribution in [-0.4, -0.2) is 33.0 Å². The Hall–Kier alpha value is -2.33. The van der Waals surface area contributed by atoms with E-state index in [-0.39, 0.29) is 17.7 Å². The summed E-state index contributed by atoms with van der Waals surface area (Å²) in [6.07, 6.45) is 1.99. The second-order valence-electron chi connectivity index (χ2n) is 4.65. The average Bonchev–Trinajstić information content (AvgIpc) is 3.02. The first-order valence-corrected chi connectivity index (χ1v) is 7.92. The molecule has 0 spiro atoms. The maximum atomic E-state index is 11.7. The molecule has 2 rings (SSSR count). The Morgan fingerprint density at radius 1 is 1.45 bits per heavy atom. The minimum absolute atomic E-state index is 0.0975. The zero-order valence-electron chi connectivity index (χ0n) is 12.3. The van der Waals surface area contributed by atoms with Crippen LogP contribution in [0.5, 0.6) is 0 Å². The second-order valence-corrected chi connectivity index (χ2v) is 5.60. The molecule has 1 aromatic carbocycles. The molecular formula is C15H17N5OS. The molecule has 1 amide bonds. The molecule has 0 aliphatic heterocycles. The molecule has 114 valence electrons. The number of nitriles is 1. The van der Waals surface area contributed by atoms with E-state index in [1.807, 2.05) is 41.0 Å². The van der Waals surface area contributed by atoms with Gasteiger partial charge in [0.2, 0.25) is 5.91 Å². The number of nitrogens with one attached hydrogen (secondary N) is 1. The Balaban J connectivity index is 1.95. The van der Waals surface area contributed by atoms with Gasteiger partial charge in [0, 0.05) is 6.54 Å². The largest absolute Gasteiger partial charge is 0.354 e. The molecule has 1 aromatic heterocycles. The van der Waals surface area contributed by atoms with Gasteiger partial charge >= 0.3 is 0 Å². The third-order valence-electron chi connectivity index (χ3n) is 3.13. The fourth-order valence-electron chi connectivity index (χ4n) is 1.93. The lowest BCUT2D eigenvalue weighted by atomic mass is 10.1. The number of hydrogen-bond acceptors (Lipinski definition) is 5. The number of hydrogen-bond donors (Lipinski definition) is 1. The van der Waals surface area contributed by atoms with Gasteiger partial charge in [-0.3, -0.25) is 4.79 Å². The maximum Gasteiger partial charge on any atom is 0.230 e. The average molecular weight is 315 g/mol. The van der Waals surface area contributed by atoms with Crippen molar-refractivity contribution in [2.24, 2.45) is 0 Å². The summed E-state index contributed by atoms with van der Waals surface area (Å²) in [4.78, 5) is 11.7. The number of rotatable bonds is 7. The van der Waals surface area contributed by atoms with E-state index in [1.165, 1.54) is 11.8 Å². The van der Waals surface area contributed by atoms with Gasteiger partial charge in [0.15, 0.2) is 5.16 Å². The van der Waals surface area contributed by atoms with Gasteiger partial charge in [-0.25, -0.2) is 0 Å². The van der Waals surface area contributed by atoms with Crippen LogP contribution in [0.4, 0.5) is 0 Å². The Morgan fingerprint density at radius 3 is 2.95 bits per heavy atom. The lowest BCUT2D eigenvalue weighted by Gasteiger charge is -2.15. The first kappa shape index (κ1) is 16.0. The number of benzene rings is 1. The molecule has 1 atom stereocenters. The van der Waals surface area contributed by atoms with Gasteiger partial charge in [0.25, 0.3) is 0 Å². The highest BCUT2D eigenvalue weighted by Crippen LogP contribution is 2.23. The van der Waals surface area contributed by atoms with Crippen LogP contribution in [0.1, 0.15) is 24.9 Å². The Morgan fingerprint density at radius 2 is 2.23 bits per heavy atom. The van der Waals surface area contributed by atoms with Crippen molar-refractivity contribution < 1.29 is 4.79 Å². The first-order valence-electron chi connectivity index (χ1n) is 6.93. The summed E-state index contributed by atoms with van der Waals surface area (Å²) in [5.41, 5.74) is 1.16.